The van der Waals surface area contributed by atoms with Crippen molar-refractivity contribution in [3.8, 4) is 0 Å². The molecule has 0 aliphatic carbocycles. The quantitative estimate of drug-likeness (QED) is 0.843. The van der Waals surface area contributed by atoms with E-state index in [-0.39, 0.29) is 0 Å². The summed E-state index contributed by atoms with van der Waals surface area (Å²) in [5, 5.41) is 3.70. The van der Waals surface area contributed by atoms with Crippen molar-refractivity contribution in [2.45, 2.75) is 52.7 Å². The van der Waals surface area contributed by atoms with E-state index < -0.39 is 0 Å². The van der Waals surface area contributed by atoms with Crippen LogP contribution in [0.25, 0.3) is 0 Å². The third-order valence-electron chi connectivity index (χ3n) is 3.51. The van der Waals surface area contributed by atoms with Crippen molar-refractivity contribution in [1.29, 1.82) is 0 Å². The zero-order valence-electron chi connectivity index (χ0n) is 11.3. The molecule has 1 aliphatic rings. The van der Waals surface area contributed by atoms with Crippen LogP contribution in [0.4, 0.5) is 5.69 Å². The van der Waals surface area contributed by atoms with Crippen LogP contribution >= 0.6 is 0 Å². The summed E-state index contributed by atoms with van der Waals surface area (Å²) in [4.78, 5) is 0. The minimum Gasteiger partial charge on any atom is -0.382 e. The second kappa shape index (κ2) is 5.09. The number of hydrogen-bond acceptors (Lipinski definition) is 2. The van der Waals surface area contributed by atoms with Gasteiger partial charge in [0.1, 0.15) is 0 Å². The fraction of sp³-hybridized carbons (Fsp3) is 0.600. The second-order valence-electron chi connectivity index (χ2n) is 5.32. The lowest BCUT2D eigenvalue weighted by atomic mass is 10.0. The molecule has 1 aromatic carbocycles. The second-order valence-corrected chi connectivity index (χ2v) is 5.32. The van der Waals surface area contributed by atoms with E-state index in [0.717, 1.165) is 19.4 Å². The molecule has 0 spiro atoms. The Morgan fingerprint density at radius 1 is 1.18 bits per heavy atom. The Hall–Kier alpha value is -1.02. The van der Waals surface area contributed by atoms with Crippen LogP contribution in [0.1, 0.15) is 36.5 Å². The molecule has 0 bridgehead atoms. The Morgan fingerprint density at radius 2 is 1.82 bits per heavy atom. The van der Waals surface area contributed by atoms with Gasteiger partial charge in [-0.3, -0.25) is 0 Å². The van der Waals surface area contributed by atoms with Crippen molar-refractivity contribution < 1.29 is 4.74 Å². The Bertz CT molecular complexity index is 377. The predicted molar refractivity (Wildman–Crippen MR) is 72.7 cm³/mol. The summed E-state index contributed by atoms with van der Waals surface area (Å²) >= 11 is 0. The monoisotopic (exact) mass is 233 g/mol. The number of hydrogen-bond donors (Lipinski definition) is 1. The number of aryl methyl sites for hydroxylation is 3. The highest BCUT2D eigenvalue weighted by Gasteiger charge is 2.20. The van der Waals surface area contributed by atoms with Gasteiger partial charge in [0.25, 0.3) is 0 Å². The Balaban J connectivity index is 2.12. The summed E-state index contributed by atoms with van der Waals surface area (Å²) in [5.41, 5.74) is 5.35. The largest absolute Gasteiger partial charge is 0.382 e. The van der Waals surface area contributed by atoms with Crippen molar-refractivity contribution in [1.82, 2.24) is 0 Å². The highest BCUT2D eigenvalue weighted by molar-refractivity contribution is 5.58. The molecular formula is C15H23NO. The molecule has 1 fully saturated rings. The molecule has 2 heteroatoms. The molecule has 2 rings (SSSR count). The van der Waals surface area contributed by atoms with E-state index >= 15 is 0 Å². The maximum Gasteiger partial charge on any atom is 0.0566 e. The van der Waals surface area contributed by atoms with E-state index in [2.05, 4.69) is 45.1 Å². The fourth-order valence-corrected chi connectivity index (χ4v) is 2.74. The zero-order valence-corrected chi connectivity index (χ0v) is 11.3. The van der Waals surface area contributed by atoms with Gasteiger partial charge in [-0.2, -0.15) is 0 Å². The van der Waals surface area contributed by atoms with Gasteiger partial charge in [-0.1, -0.05) is 17.7 Å². The Labute approximate surface area is 104 Å². The third-order valence-corrected chi connectivity index (χ3v) is 3.51. The van der Waals surface area contributed by atoms with Crippen molar-refractivity contribution in [2.24, 2.45) is 0 Å². The summed E-state index contributed by atoms with van der Waals surface area (Å²) < 4.78 is 5.59. The fourth-order valence-electron chi connectivity index (χ4n) is 2.74. The molecule has 0 aromatic heterocycles. The smallest absolute Gasteiger partial charge is 0.0566 e. The van der Waals surface area contributed by atoms with Crippen LogP contribution < -0.4 is 5.32 Å². The van der Waals surface area contributed by atoms with Crippen LogP contribution in [-0.2, 0) is 4.74 Å². The maximum atomic E-state index is 5.59. The molecule has 94 valence electrons. The highest BCUT2D eigenvalue weighted by Crippen LogP contribution is 2.25. The maximum absolute atomic E-state index is 5.59. The topological polar surface area (TPSA) is 21.3 Å². The van der Waals surface area contributed by atoms with Gasteiger partial charge < -0.3 is 10.1 Å². The third kappa shape index (κ3) is 3.01. The molecule has 0 saturated carbocycles. The van der Waals surface area contributed by atoms with E-state index in [1.165, 1.54) is 22.4 Å². The van der Waals surface area contributed by atoms with Crippen LogP contribution in [0, 0.1) is 20.8 Å². The molecule has 1 N–H and O–H groups in total. The van der Waals surface area contributed by atoms with E-state index in [1.807, 2.05) is 0 Å². The van der Waals surface area contributed by atoms with Gasteiger partial charge in [-0.05, 0) is 51.7 Å². The lowest BCUT2D eigenvalue weighted by Crippen LogP contribution is -2.32. The molecule has 1 aliphatic heterocycles. The van der Waals surface area contributed by atoms with Crippen LogP contribution in [0.15, 0.2) is 12.1 Å². The number of rotatable bonds is 2. The van der Waals surface area contributed by atoms with Gasteiger partial charge in [-0.15, -0.1) is 0 Å². The molecule has 2 atom stereocenters. The van der Waals surface area contributed by atoms with Gasteiger partial charge in [0.2, 0.25) is 0 Å². The molecule has 2 nitrogen and oxygen atoms in total. The number of benzene rings is 1. The first-order valence-corrected chi connectivity index (χ1v) is 6.52. The van der Waals surface area contributed by atoms with E-state index in [1.54, 1.807) is 0 Å². The van der Waals surface area contributed by atoms with E-state index in [4.69, 9.17) is 4.74 Å². The van der Waals surface area contributed by atoms with Gasteiger partial charge in [0.05, 0.1) is 6.10 Å². The van der Waals surface area contributed by atoms with Crippen molar-refractivity contribution in [2.75, 3.05) is 11.9 Å². The molecule has 0 radical (unpaired) electrons. The SMILES string of the molecule is Cc1cc(C)c(NC2CCOC(C)C2)c(C)c1. The first kappa shape index (κ1) is 12.4. The molecular weight excluding hydrogens is 210 g/mol. The molecule has 1 heterocycles. The summed E-state index contributed by atoms with van der Waals surface area (Å²) in [6.45, 7) is 9.56. The normalized spacial score (nSPS) is 24.7. The summed E-state index contributed by atoms with van der Waals surface area (Å²) in [5.74, 6) is 0. The number of ether oxygens (including phenoxy) is 1. The molecule has 1 aromatic rings. The predicted octanol–water partition coefficient (Wildman–Crippen LogP) is 3.59. The average molecular weight is 233 g/mol. The zero-order chi connectivity index (χ0) is 12.4. The van der Waals surface area contributed by atoms with E-state index in [0.29, 0.717) is 12.1 Å². The van der Waals surface area contributed by atoms with Gasteiger partial charge in [0, 0.05) is 18.3 Å². The first-order valence-electron chi connectivity index (χ1n) is 6.52. The standard InChI is InChI=1S/C15H23NO/c1-10-7-11(2)15(12(3)8-10)16-14-5-6-17-13(4)9-14/h7-8,13-14,16H,5-6,9H2,1-4H3. The van der Waals surface area contributed by atoms with Gasteiger partial charge in [-0.25, -0.2) is 0 Å². The minimum absolute atomic E-state index is 0.382. The Kier molecular flexibility index (Phi) is 3.72. The van der Waals surface area contributed by atoms with Crippen molar-refractivity contribution in [3.05, 3.63) is 28.8 Å². The average Bonchev–Trinajstić information content (AvgIpc) is 2.23. The minimum atomic E-state index is 0.382. The first-order chi connectivity index (χ1) is 8.06. The number of anilines is 1. The van der Waals surface area contributed by atoms with Crippen molar-refractivity contribution >= 4 is 5.69 Å². The van der Waals surface area contributed by atoms with Crippen LogP contribution in [0.2, 0.25) is 0 Å². The van der Waals surface area contributed by atoms with Crippen LogP contribution in [0.5, 0.6) is 0 Å². The Morgan fingerprint density at radius 3 is 2.41 bits per heavy atom. The van der Waals surface area contributed by atoms with E-state index in [9.17, 15) is 0 Å². The lowest BCUT2D eigenvalue weighted by molar-refractivity contribution is 0.0232. The summed E-state index contributed by atoms with van der Waals surface area (Å²) in [6, 6.07) is 5.05. The molecule has 17 heavy (non-hydrogen) atoms. The number of nitrogens with one attached hydrogen (secondary N) is 1. The molecule has 0 amide bonds. The van der Waals surface area contributed by atoms with Crippen molar-refractivity contribution in [3.63, 3.8) is 0 Å². The summed E-state index contributed by atoms with van der Waals surface area (Å²) in [6.07, 6.45) is 2.59. The molecule has 1 saturated heterocycles. The van der Waals surface area contributed by atoms with Gasteiger partial charge >= 0.3 is 0 Å². The highest BCUT2D eigenvalue weighted by atomic mass is 16.5. The van der Waals surface area contributed by atoms with Gasteiger partial charge in [0.15, 0.2) is 0 Å². The lowest BCUT2D eigenvalue weighted by Gasteiger charge is -2.30. The van der Waals surface area contributed by atoms with Crippen LogP contribution in [-0.4, -0.2) is 18.8 Å². The van der Waals surface area contributed by atoms with Crippen LogP contribution in [0.3, 0.4) is 0 Å². The molecule has 2 unspecified atom stereocenters. The summed E-state index contributed by atoms with van der Waals surface area (Å²) in [7, 11) is 0.